The van der Waals surface area contributed by atoms with Crippen molar-refractivity contribution in [3.8, 4) is 0 Å². The van der Waals surface area contributed by atoms with E-state index in [2.05, 4.69) is 39.7 Å². The number of amides is 1. The highest BCUT2D eigenvalue weighted by molar-refractivity contribution is 5.93. The molecule has 1 aromatic carbocycles. The molecular formula is C20H20N4O. The molecule has 3 aromatic rings. The summed E-state index contributed by atoms with van der Waals surface area (Å²) in [7, 11) is 0. The van der Waals surface area contributed by atoms with E-state index in [0.717, 1.165) is 29.8 Å². The SMILES string of the molecule is O=C1C[C@@H](CCc2ccccc2)c2cnn(Cc3ccncc3)c2N1. The van der Waals surface area contributed by atoms with Crippen molar-refractivity contribution in [1.82, 2.24) is 14.8 Å². The molecule has 1 aliphatic heterocycles. The number of hydrogen-bond acceptors (Lipinski definition) is 3. The van der Waals surface area contributed by atoms with Gasteiger partial charge in [0.05, 0.1) is 12.7 Å². The highest BCUT2D eigenvalue weighted by Gasteiger charge is 2.28. The number of fused-ring (bicyclic) bond motifs is 1. The molecule has 5 heteroatoms. The van der Waals surface area contributed by atoms with E-state index in [-0.39, 0.29) is 11.8 Å². The summed E-state index contributed by atoms with van der Waals surface area (Å²) in [6.45, 7) is 0.629. The average Bonchev–Trinajstić information content (AvgIpc) is 3.04. The van der Waals surface area contributed by atoms with Crippen molar-refractivity contribution in [2.24, 2.45) is 0 Å². The number of carbonyl (C=O) groups excluding carboxylic acids is 1. The van der Waals surface area contributed by atoms with Gasteiger partial charge in [-0.2, -0.15) is 5.10 Å². The fourth-order valence-corrected chi connectivity index (χ4v) is 3.38. The van der Waals surface area contributed by atoms with E-state index in [1.54, 1.807) is 12.4 Å². The number of carbonyl (C=O) groups is 1. The van der Waals surface area contributed by atoms with E-state index in [4.69, 9.17) is 0 Å². The molecule has 1 atom stereocenters. The van der Waals surface area contributed by atoms with Crippen LogP contribution in [-0.4, -0.2) is 20.7 Å². The molecule has 0 radical (unpaired) electrons. The Morgan fingerprint density at radius 1 is 1.08 bits per heavy atom. The number of aromatic nitrogens is 3. The zero-order chi connectivity index (χ0) is 17.1. The van der Waals surface area contributed by atoms with Crippen LogP contribution in [0.15, 0.2) is 61.1 Å². The maximum Gasteiger partial charge on any atom is 0.226 e. The molecule has 3 heterocycles. The summed E-state index contributed by atoms with van der Waals surface area (Å²) < 4.78 is 1.87. The maximum absolute atomic E-state index is 12.2. The molecule has 2 aromatic heterocycles. The van der Waals surface area contributed by atoms with Gasteiger partial charge in [-0.05, 0) is 42.0 Å². The van der Waals surface area contributed by atoms with E-state index in [1.165, 1.54) is 5.56 Å². The first-order valence-electron chi connectivity index (χ1n) is 8.58. The summed E-state index contributed by atoms with van der Waals surface area (Å²) in [6.07, 6.45) is 7.89. The van der Waals surface area contributed by atoms with Crippen LogP contribution in [0.3, 0.4) is 0 Å². The van der Waals surface area contributed by atoms with Gasteiger partial charge in [-0.25, -0.2) is 4.68 Å². The van der Waals surface area contributed by atoms with Crippen LogP contribution in [-0.2, 0) is 17.8 Å². The Labute approximate surface area is 146 Å². The van der Waals surface area contributed by atoms with Gasteiger partial charge >= 0.3 is 0 Å². The molecular weight excluding hydrogens is 312 g/mol. The van der Waals surface area contributed by atoms with Crippen molar-refractivity contribution in [2.45, 2.75) is 31.7 Å². The molecule has 0 spiro atoms. The predicted molar refractivity (Wildman–Crippen MR) is 96.3 cm³/mol. The van der Waals surface area contributed by atoms with Crippen molar-refractivity contribution in [2.75, 3.05) is 5.32 Å². The Morgan fingerprint density at radius 2 is 1.88 bits per heavy atom. The zero-order valence-corrected chi connectivity index (χ0v) is 13.9. The number of nitrogens with one attached hydrogen (secondary N) is 1. The van der Waals surface area contributed by atoms with Gasteiger partial charge in [0.25, 0.3) is 0 Å². The van der Waals surface area contributed by atoms with Gasteiger partial charge in [0.1, 0.15) is 5.82 Å². The van der Waals surface area contributed by atoms with E-state index in [0.29, 0.717) is 13.0 Å². The second-order valence-electron chi connectivity index (χ2n) is 6.44. The van der Waals surface area contributed by atoms with E-state index < -0.39 is 0 Å². The summed E-state index contributed by atoms with van der Waals surface area (Å²) in [5, 5.41) is 7.52. The van der Waals surface area contributed by atoms with Crippen LogP contribution in [0.25, 0.3) is 0 Å². The number of rotatable bonds is 5. The lowest BCUT2D eigenvalue weighted by atomic mass is 9.88. The third-order valence-electron chi connectivity index (χ3n) is 4.70. The van der Waals surface area contributed by atoms with Crippen LogP contribution in [0, 0.1) is 0 Å². The fraction of sp³-hybridized carbons (Fsp3) is 0.250. The van der Waals surface area contributed by atoms with E-state index in [1.807, 2.05) is 29.1 Å². The second-order valence-corrected chi connectivity index (χ2v) is 6.44. The second kappa shape index (κ2) is 6.89. The molecule has 1 N–H and O–H groups in total. The summed E-state index contributed by atoms with van der Waals surface area (Å²) in [5.74, 6) is 1.13. The summed E-state index contributed by atoms with van der Waals surface area (Å²) >= 11 is 0. The van der Waals surface area contributed by atoms with Crippen molar-refractivity contribution >= 4 is 11.7 Å². The molecule has 25 heavy (non-hydrogen) atoms. The summed E-state index contributed by atoms with van der Waals surface area (Å²) in [4.78, 5) is 16.2. The first-order valence-corrected chi connectivity index (χ1v) is 8.58. The Bertz CT molecular complexity index is 858. The number of aryl methyl sites for hydroxylation is 1. The predicted octanol–water partition coefficient (Wildman–Crippen LogP) is 3.39. The minimum atomic E-state index is 0.0713. The first kappa shape index (κ1) is 15.6. The lowest BCUT2D eigenvalue weighted by molar-refractivity contribution is -0.116. The van der Waals surface area contributed by atoms with Crippen LogP contribution in [0.5, 0.6) is 0 Å². The number of anilines is 1. The standard InChI is InChI=1S/C20H20N4O/c25-19-12-17(7-6-15-4-2-1-3-5-15)18-13-22-24(20(18)23-19)14-16-8-10-21-11-9-16/h1-5,8-11,13,17H,6-7,12,14H2,(H,23,25)/t17-/m1/s1. The largest absolute Gasteiger partial charge is 0.311 e. The Morgan fingerprint density at radius 3 is 2.68 bits per heavy atom. The lowest BCUT2D eigenvalue weighted by Gasteiger charge is -2.23. The third kappa shape index (κ3) is 3.45. The normalized spacial score (nSPS) is 16.3. The molecule has 0 bridgehead atoms. The molecule has 1 amide bonds. The first-order chi connectivity index (χ1) is 12.3. The average molecular weight is 332 g/mol. The Balaban J connectivity index is 1.54. The number of hydrogen-bond donors (Lipinski definition) is 1. The van der Waals surface area contributed by atoms with Crippen molar-refractivity contribution in [3.63, 3.8) is 0 Å². The number of benzene rings is 1. The Hall–Kier alpha value is -2.95. The smallest absolute Gasteiger partial charge is 0.226 e. The van der Waals surface area contributed by atoms with Crippen LogP contribution in [0.1, 0.15) is 35.4 Å². The highest BCUT2D eigenvalue weighted by Crippen LogP contribution is 2.35. The Kier molecular flexibility index (Phi) is 4.29. The lowest BCUT2D eigenvalue weighted by Crippen LogP contribution is -2.24. The quantitative estimate of drug-likeness (QED) is 0.779. The van der Waals surface area contributed by atoms with Crippen LogP contribution in [0.4, 0.5) is 5.82 Å². The zero-order valence-electron chi connectivity index (χ0n) is 13.9. The van der Waals surface area contributed by atoms with Crippen molar-refractivity contribution in [1.29, 1.82) is 0 Å². The third-order valence-corrected chi connectivity index (χ3v) is 4.70. The van der Waals surface area contributed by atoms with Gasteiger partial charge in [-0.15, -0.1) is 0 Å². The van der Waals surface area contributed by atoms with Crippen molar-refractivity contribution < 1.29 is 4.79 Å². The van der Waals surface area contributed by atoms with Crippen molar-refractivity contribution in [3.05, 3.63) is 77.7 Å². The topological polar surface area (TPSA) is 59.8 Å². The summed E-state index contributed by atoms with van der Waals surface area (Å²) in [6, 6.07) is 14.3. The molecule has 1 aliphatic rings. The molecule has 0 aliphatic carbocycles. The molecule has 0 fully saturated rings. The molecule has 0 saturated heterocycles. The molecule has 126 valence electrons. The molecule has 0 unspecified atom stereocenters. The highest BCUT2D eigenvalue weighted by atomic mass is 16.1. The van der Waals surface area contributed by atoms with Gasteiger partial charge in [-0.1, -0.05) is 30.3 Å². The van der Waals surface area contributed by atoms with Gasteiger partial charge in [-0.3, -0.25) is 9.78 Å². The van der Waals surface area contributed by atoms with Gasteiger partial charge < -0.3 is 5.32 Å². The molecule has 4 rings (SSSR count). The van der Waals surface area contributed by atoms with Gasteiger partial charge in [0, 0.05) is 24.4 Å². The fourth-order valence-electron chi connectivity index (χ4n) is 3.38. The van der Waals surface area contributed by atoms with E-state index in [9.17, 15) is 4.79 Å². The maximum atomic E-state index is 12.2. The van der Waals surface area contributed by atoms with Gasteiger partial charge in [0.2, 0.25) is 5.91 Å². The minimum absolute atomic E-state index is 0.0713. The molecule has 0 saturated carbocycles. The summed E-state index contributed by atoms with van der Waals surface area (Å²) in [5.41, 5.74) is 3.56. The molecule has 5 nitrogen and oxygen atoms in total. The van der Waals surface area contributed by atoms with Crippen LogP contribution in [0.2, 0.25) is 0 Å². The van der Waals surface area contributed by atoms with Gasteiger partial charge in [0.15, 0.2) is 0 Å². The number of pyridine rings is 1. The number of nitrogens with zero attached hydrogens (tertiary/aromatic N) is 3. The minimum Gasteiger partial charge on any atom is -0.311 e. The van der Waals surface area contributed by atoms with Crippen LogP contribution >= 0.6 is 0 Å². The van der Waals surface area contributed by atoms with Crippen LogP contribution < -0.4 is 5.32 Å². The monoisotopic (exact) mass is 332 g/mol. The van der Waals surface area contributed by atoms with E-state index >= 15 is 0 Å².